The van der Waals surface area contributed by atoms with Crippen molar-refractivity contribution < 1.29 is 0 Å². The zero-order valence-corrected chi connectivity index (χ0v) is 11.9. The summed E-state index contributed by atoms with van der Waals surface area (Å²) in [7, 11) is 2.03. The highest BCUT2D eigenvalue weighted by Gasteiger charge is 2.08. The first-order valence-corrected chi connectivity index (χ1v) is 7.05. The van der Waals surface area contributed by atoms with Gasteiger partial charge in [-0.05, 0) is 36.2 Å². The zero-order chi connectivity index (χ0) is 13.9. The van der Waals surface area contributed by atoms with Crippen molar-refractivity contribution in [2.75, 3.05) is 11.9 Å². The molecule has 0 aliphatic rings. The molecular formula is C17H19N3. The fourth-order valence-corrected chi connectivity index (χ4v) is 2.40. The van der Waals surface area contributed by atoms with E-state index in [0.29, 0.717) is 0 Å². The van der Waals surface area contributed by atoms with E-state index in [1.165, 1.54) is 12.0 Å². The first kappa shape index (κ1) is 12.7. The molecule has 3 rings (SSSR count). The van der Waals surface area contributed by atoms with Gasteiger partial charge in [-0.2, -0.15) is 0 Å². The minimum absolute atomic E-state index is 0.870. The summed E-state index contributed by atoms with van der Waals surface area (Å²) in [6, 6.07) is 16.8. The molecule has 2 aromatic carbocycles. The topological polar surface area (TPSA) is 31.9 Å². The van der Waals surface area contributed by atoms with Crippen LogP contribution < -0.4 is 4.90 Å². The van der Waals surface area contributed by atoms with E-state index in [4.69, 9.17) is 0 Å². The Morgan fingerprint density at radius 1 is 1.05 bits per heavy atom. The second-order valence-electron chi connectivity index (χ2n) is 5.05. The average Bonchev–Trinajstić information content (AvgIpc) is 2.91. The van der Waals surface area contributed by atoms with Crippen LogP contribution in [0.5, 0.6) is 0 Å². The second kappa shape index (κ2) is 5.37. The molecule has 0 unspecified atom stereocenters. The fraction of sp³-hybridized carbons (Fsp3) is 0.235. The van der Waals surface area contributed by atoms with Crippen molar-refractivity contribution >= 4 is 22.7 Å². The number of nitrogens with one attached hydrogen (secondary N) is 1. The first-order valence-electron chi connectivity index (χ1n) is 7.05. The monoisotopic (exact) mass is 265 g/mol. The summed E-state index contributed by atoms with van der Waals surface area (Å²) < 4.78 is 0. The van der Waals surface area contributed by atoms with Crippen molar-refractivity contribution in [3.05, 3.63) is 54.1 Å². The van der Waals surface area contributed by atoms with E-state index >= 15 is 0 Å². The highest BCUT2D eigenvalue weighted by atomic mass is 15.2. The van der Waals surface area contributed by atoms with E-state index in [-0.39, 0.29) is 0 Å². The van der Waals surface area contributed by atoms with Crippen LogP contribution in [-0.4, -0.2) is 17.0 Å². The molecule has 1 aromatic heterocycles. The predicted molar refractivity (Wildman–Crippen MR) is 84.6 cm³/mol. The van der Waals surface area contributed by atoms with Crippen LogP contribution in [0.4, 0.5) is 11.6 Å². The Bertz CT molecular complexity index is 665. The summed E-state index contributed by atoms with van der Waals surface area (Å²) >= 11 is 0. The van der Waals surface area contributed by atoms with Crippen molar-refractivity contribution in [1.82, 2.24) is 9.97 Å². The van der Waals surface area contributed by atoms with E-state index in [2.05, 4.69) is 46.1 Å². The van der Waals surface area contributed by atoms with Crippen molar-refractivity contribution in [2.24, 2.45) is 0 Å². The molecule has 0 spiro atoms. The standard InChI is InChI=1S/C17H19N3/c1-3-6-13-9-11-14(12-10-13)20(2)17-18-15-7-4-5-8-16(15)19-17/h4-5,7-12H,3,6H2,1-2H3,(H,18,19). The van der Waals surface area contributed by atoms with Gasteiger partial charge in [0.25, 0.3) is 0 Å². The van der Waals surface area contributed by atoms with Gasteiger partial charge in [-0.1, -0.05) is 37.6 Å². The molecule has 3 nitrogen and oxygen atoms in total. The summed E-state index contributed by atoms with van der Waals surface area (Å²) in [6.45, 7) is 2.20. The number of imidazole rings is 1. The molecule has 20 heavy (non-hydrogen) atoms. The van der Waals surface area contributed by atoms with Crippen LogP contribution in [0.1, 0.15) is 18.9 Å². The van der Waals surface area contributed by atoms with Crippen molar-refractivity contribution in [3.63, 3.8) is 0 Å². The quantitative estimate of drug-likeness (QED) is 0.763. The van der Waals surface area contributed by atoms with Crippen LogP contribution >= 0.6 is 0 Å². The largest absolute Gasteiger partial charge is 0.324 e. The third kappa shape index (κ3) is 2.39. The molecule has 0 bridgehead atoms. The third-order valence-corrected chi connectivity index (χ3v) is 3.56. The molecule has 0 aliphatic carbocycles. The van der Waals surface area contributed by atoms with Gasteiger partial charge in [-0.25, -0.2) is 4.98 Å². The van der Waals surface area contributed by atoms with Gasteiger partial charge in [0, 0.05) is 12.7 Å². The zero-order valence-electron chi connectivity index (χ0n) is 11.9. The van der Waals surface area contributed by atoms with E-state index in [1.54, 1.807) is 0 Å². The molecule has 102 valence electrons. The number of aromatic amines is 1. The summed E-state index contributed by atoms with van der Waals surface area (Å²) in [5.74, 6) is 0.870. The predicted octanol–water partition coefficient (Wildman–Crippen LogP) is 4.28. The SMILES string of the molecule is CCCc1ccc(N(C)c2nc3ccccc3[nH]2)cc1. The minimum atomic E-state index is 0.870. The lowest BCUT2D eigenvalue weighted by Gasteiger charge is -2.16. The molecule has 0 saturated carbocycles. The molecule has 1 N–H and O–H groups in total. The van der Waals surface area contributed by atoms with Gasteiger partial charge in [0.15, 0.2) is 0 Å². The Balaban J connectivity index is 1.89. The van der Waals surface area contributed by atoms with Crippen LogP contribution in [0.25, 0.3) is 11.0 Å². The van der Waals surface area contributed by atoms with Crippen LogP contribution in [-0.2, 0) is 6.42 Å². The lowest BCUT2D eigenvalue weighted by Crippen LogP contribution is -2.10. The highest BCUT2D eigenvalue weighted by molar-refractivity contribution is 5.78. The number of fused-ring (bicyclic) bond motifs is 1. The van der Waals surface area contributed by atoms with Crippen molar-refractivity contribution in [3.8, 4) is 0 Å². The molecule has 0 amide bonds. The number of rotatable bonds is 4. The lowest BCUT2D eigenvalue weighted by atomic mass is 10.1. The van der Waals surface area contributed by atoms with Crippen molar-refractivity contribution in [1.29, 1.82) is 0 Å². The minimum Gasteiger partial charge on any atom is -0.324 e. The second-order valence-corrected chi connectivity index (χ2v) is 5.05. The molecule has 0 saturated heterocycles. The number of para-hydroxylation sites is 2. The fourth-order valence-electron chi connectivity index (χ4n) is 2.40. The summed E-state index contributed by atoms with van der Waals surface area (Å²) in [6.07, 6.45) is 2.31. The number of anilines is 2. The van der Waals surface area contributed by atoms with E-state index < -0.39 is 0 Å². The summed E-state index contributed by atoms with van der Waals surface area (Å²) in [5, 5.41) is 0. The molecular weight excluding hydrogens is 246 g/mol. The molecule has 3 heteroatoms. The third-order valence-electron chi connectivity index (χ3n) is 3.56. The molecule has 3 aromatic rings. The van der Waals surface area contributed by atoms with E-state index in [0.717, 1.165) is 29.1 Å². The number of hydrogen-bond acceptors (Lipinski definition) is 2. The van der Waals surface area contributed by atoms with Crippen LogP contribution in [0, 0.1) is 0 Å². The normalized spacial score (nSPS) is 10.9. The number of hydrogen-bond donors (Lipinski definition) is 1. The van der Waals surface area contributed by atoms with Crippen molar-refractivity contribution in [2.45, 2.75) is 19.8 Å². The van der Waals surface area contributed by atoms with Gasteiger partial charge in [-0.3, -0.25) is 0 Å². The van der Waals surface area contributed by atoms with Crippen LogP contribution in [0.15, 0.2) is 48.5 Å². The number of nitrogens with zero attached hydrogens (tertiary/aromatic N) is 2. The molecule has 0 fully saturated rings. The molecule has 0 radical (unpaired) electrons. The average molecular weight is 265 g/mol. The van der Waals surface area contributed by atoms with Gasteiger partial charge < -0.3 is 9.88 Å². The molecule has 1 heterocycles. The Morgan fingerprint density at radius 3 is 2.50 bits per heavy atom. The number of benzene rings is 2. The van der Waals surface area contributed by atoms with E-state index in [1.807, 2.05) is 31.3 Å². The van der Waals surface area contributed by atoms with Gasteiger partial charge in [-0.15, -0.1) is 0 Å². The lowest BCUT2D eigenvalue weighted by molar-refractivity contribution is 0.921. The van der Waals surface area contributed by atoms with Gasteiger partial charge in [0.2, 0.25) is 5.95 Å². The first-order chi connectivity index (χ1) is 9.78. The Hall–Kier alpha value is -2.29. The Kier molecular flexibility index (Phi) is 3.42. The molecule has 0 aliphatic heterocycles. The summed E-state index contributed by atoms with van der Waals surface area (Å²) in [4.78, 5) is 10.0. The van der Waals surface area contributed by atoms with Crippen LogP contribution in [0.3, 0.4) is 0 Å². The Labute approximate surface area is 119 Å². The maximum absolute atomic E-state index is 4.62. The van der Waals surface area contributed by atoms with Crippen LogP contribution in [0.2, 0.25) is 0 Å². The number of H-pyrrole nitrogens is 1. The summed E-state index contributed by atoms with van der Waals surface area (Å²) in [5.41, 5.74) is 4.59. The smallest absolute Gasteiger partial charge is 0.208 e. The highest BCUT2D eigenvalue weighted by Crippen LogP contribution is 2.24. The number of aromatic nitrogens is 2. The van der Waals surface area contributed by atoms with Gasteiger partial charge in [0.05, 0.1) is 11.0 Å². The Morgan fingerprint density at radius 2 is 1.80 bits per heavy atom. The number of aryl methyl sites for hydroxylation is 1. The van der Waals surface area contributed by atoms with Gasteiger partial charge in [0.1, 0.15) is 0 Å². The van der Waals surface area contributed by atoms with Gasteiger partial charge >= 0.3 is 0 Å². The maximum Gasteiger partial charge on any atom is 0.208 e. The maximum atomic E-state index is 4.62. The molecule has 0 atom stereocenters. The van der Waals surface area contributed by atoms with E-state index in [9.17, 15) is 0 Å².